The van der Waals surface area contributed by atoms with Crippen molar-refractivity contribution in [3.8, 4) is 5.75 Å². The summed E-state index contributed by atoms with van der Waals surface area (Å²) in [5, 5.41) is 0. The number of ether oxygens (including phenoxy) is 1. The van der Waals surface area contributed by atoms with Gasteiger partial charge in [0.2, 0.25) is 0 Å². The van der Waals surface area contributed by atoms with Crippen molar-refractivity contribution in [2.24, 2.45) is 0 Å². The van der Waals surface area contributed by atoms with Crippen LogP contribution in [-0.4, -0.2) is 18.6 Å². The topological polar surface area (TPSA) is 29.5 Å². The molecule has 0 saturated carbocycles. The number of nitrogens with zero attached hydrogens (tertiary/aromatic N) is 1. The van der Waals surface area contributed by atoms with Gasteiger partial charge in [-0.2, -0.15) is 0 Å². The maximum Gasteiger partial charge on any atom is 0.267 e. The SMILES string of the molecule is Cc1ccc(O[C@@H](C)C(=O)N2CCc3ccccc32)c(C)c1. The fourth-order valence-electron chi connectivity index (χ4n) is 2.96. The predicted molar refractivity (Wildman–Crippen MR) is 88.5 cm³/mol. The second kappa shape index (κ2) is 5.84. The molecule has 1 aliphatic rings. The van der Waals surface area contributed by atoms with Crippen molar-refractivity contribution in [2.45, 2.75) is 33.3 Å². The van der Waals surface area contributed by atoms with Crippen molar-refractivity contribution in [3.63, 3.8) is 0 Å². The molecule has 1 aliphatic heterocycles. The molecule has 0 radical (unpaired) electrons. The number of amides is 1. The second-order valence-corrected chi connectivity index (χ2v) is 5.90. The highest BCUT2D eigenvalue weighted by atomic mass is 16.5. The van der Waals surface area contributed by atoms with Crippen LogP contribution in [0, 0.1) is 13.8 Å². The van der Waals surface area contributed by atoms with E-state index in [0.29, 0.717) is 0 Å². The molecule has 114 valence electrons. The van der Waals surface area contributed by atoms with Gasteiger partial charge in [-0.25, -0.2) is 0 Å². The van der Waals surface area contributed by atoms with Gasteiger partial charge in [0.25, 0.3) is 5.91 Å². The number of carbonyl (C=O) groups is 1. The van der Waals surface area contributed by atoms with Crippen LogP contribution in [0.5, 0.6) is 5.75 Å². The number of hydrogen-bond donors (Lipinski definition) is 0. The molecule has 0 spiro atoms. The Hall–Kier alpha value is -2.29. The highest BCUT2D eigenvalue weighted by Gasteiger charge is 2.28. The van der Waals surface area contributed by atoms with Crippen LogP contribution in [0.25, 0.3) is 0 Å². The lowest BCUT2D eigenvalue weighted by atomic mass is 10.1. The van der Waals surface area contributed by atoms with E-state index in [4.69, 9.17) is 4.74 Å². The summed E-state index contributed by atoms with van der Waals surface area (Å²) in [5.41, 5.74) is 4.50. The highest BCUT2D eigenvalue weighted by molar-refractivity contribution is 5.98. The molecule has 3 rings (SSSR count). The van der Waals surface area contributed by atoms with Gasteiger partial charge in [0.15, 0.2) is 6.10 Å². The van der Waals surface area contributed by atoms with Crippen LogP contribution in [0.1, 0.15) is 23.6 Å². The van der Waals surface area contributed by atoms with E-state index in [-0.39, 0.29) is 5.91 Å². The van der Waals surface area contributed by atoms with Crippen LogP contribution in [0.3, 0.4) is 0 Å². The molecule has 2 aromatic rings. The van der Waals surface area contributed by atoms with Gasteiger partial charge in [-0.15, -0.1) is 0 Å². The minimum Gasteiger partial charge on any atom is -0.481 e. The molecule has 1 amide bonds. The Morgan fingerprint density at radius 1 is 1.18 bits per heavy atom. The lowest BCUT2D eigenvalue weighted by molar-refractivity contribution is -0.124. The van der Waals surface area contributed by atoms with Crippen molar-refractivity contribution < 1.29 is 9.53 Å². The van der Waals surface area contributed by atoms with Gasteiger partial charge in [-0.05, 0) is 50.5 Å². The van der Waals surface area contributed by atoms with Crippen LogP contribution in [0.15, 0.2) is 42.5 Å². The fraction of sp³-hybridized carbons (Fsp3) is 0.316. The third-order valence-corrected chi connectivity index (χ3v) is 4.14. The van der Waals surface area contributed by atoms with E-state index < -0.39 is 6.10 Å². The fourth-order valence-corrected chi connectivity index (χ4v) is 2.96. The second-order valence-electron chi connectivity index (χ2n) is 5.90. The number of aryl methyl sites for hydroxylation is 2. The number of fused-ring (bicyclic) bond motifs is 1. The first kappa shape index (κ1) is 14.6. The molecule has 0 fully saturated rings. The summed E-state index contributed by atoms with van der Waals surface area (Å²) in [7, 11) is 0. The number of para-hydroxylation sites is 1. The van der Waals surface area contributed by atoms with Crippen molar-refractivity contribution in [1.82, 2.24) is 0 Å². The van der Waals surface area contributed by atoms with E-state index in [1.54, 1.807) is 0 Å². The third kappa shape index (κ3) is 2.71. The molecular weight excluding hydrogens is 274 g/mol. The molecule has 3 heteroatoms. The van der Waals surface area contributed by atoms with Crippen LogP contribution in [0.2, 0.25) is 0 Å². The quantitative estimate of drug-likeness (QED) is 0.865. The maximum absolute atomic E-state index is 12.7. The highest BCUT2D eigenvalue weighted by Crippen LogP contribution is 2.29. The number of carbonyl (C=O) groups excluding carboxylic acids is 1. The van der Waals surface area contributed by atoms with E-state index in [9.17, 15) is 4.79 Å². The number of rotatable bonds is 3. The van der Waals surface area contributed by atoms with Gasteiger partial charge in [0.1, 0.15) is 5.75 Å². The van der Waals surface area contributed by atoms with Crippen molar-refractivity contribution in [1.29, 1.82) is 0 Å². The summed E-state index contributed by atoms with van der Waals surface area (Å²) in [6.45, 7) is 6.61. The Morgan fingerprint density at radius 2 is 1.95 bits per heavy atom. The summed E-state index contributed by atoms with van der Waals surface area (Å²) in [5.74, 6) is 0.795. The molecule has 0 saturated heterocycles. The molecule has 0 bridgehead atoms. The number of anilines is 1. The molecule has 0 N–H and O–H groups in total. The normalized spacial score (nSPS) is 14.6. The largest absolute Gasteiger partial charge is 0.481 e. The van der Waals surface area contributed by atoms with Crippen molar-refractivity contribution in [2.75, 3.05) is 11.4 Å². The Morgan fingerprint density at radius 3 is 2.73 bits per heavy atom. The van der Waals surface area contributed by atoms with E-state index >= 15 is 0 Å². The molecule has 1 heterocycles. The zero-order valence-corrected chi connectivity index (χ0v) is 13.3. The van der Waals surface area contributed by atoms with Crippen LogP contribution in [0.4, 0.5) is 5.69 Å². The Labute approximate surface area is 131 Å². The first-order chi connectivity index (χ1) is 10.6. The molecule has 3 nitrogen and oxygen atoms in total. The van der Waals surface area contributed by atoms with Crippen LogP contribution in [-0.2, 0) is 11.2 Å². The van der Waals surface area contributed by atoms with Gasteiger partial charge in [-0.1, -0.05) is 35.9 Å². The molecule has 0 unspecified atom stereocenters. The van der Waals surface area contributed by atoms with Crippen LogP contribution >= 0.6 is 0 Å². The molecule has 0 aliphatic carbocycles. The summed E-state index contributed by atoms with van der Waals surface area (Å²) < 4.78 is 5.90. The first-order valence-corrected chi connectivity index (χ1v) is 7.69. The van der Waals surface area contributed by atoms with Gasteiger partial charge in [0.05, 0.1) is 0 Å². The molecule has 2 aromatic carbocycles. The summed E-state index contributed by atoms with van der Waals surface area (Å²) in [6, 6.07) is 14.1. The molecular formula is C19H21NO2. The van der Waals surface area contributed by atoms with E-state index in [1.165, 1.54) is 11.1 Å². The van der Waals surface area contributed by atoms with Gasteiger partial charge in [-0.3, -0.25) is 4.79 Å². The van der Waals surface area contributed by atoms with Crippen molar-refractivity contribution >= 4 is 11.6 Å². The average Bonchev–Trinajstić information content (AvgIpc) is 2.93. The predicted octanol–water partition coefficient (Wildman–Crippen LogP) is 3.66. The van der Waals surface area contributed by atoms with E-state index in [1.807, 2.05) is 56.0 Å². The molecule has 0 aromatic heterocycles. The number of hydrogen-bond acceptors (Lipinski definition) is 2. The van der Waals surface area contributed by atoms with E-state index in [0.717, 1.165) is 30.0 Å². The third-order valence-electron chi connectivity index (χ3n) is 4.14. The molecule has 22 heavy (non-hydrogen) atoms. The monoisotopic (exact) mass is 295 g/mol. The minimum atomic E-state index is -0.493. The van der Waals surface area contributed by atoms with Gasteiger partial charge < -0.3 is 9.64 Å². The lowest BCUT2D eigenvalue weighted by Gasteiger charge is -2.23. The zero-order chi connectivity index (χ0) is 15.7. The smallest absolute Gasteiger partial charge is 0.267 e. The van der Waals surface area contributed by atoms with Crippen molar-refractivity contribution in [3.05, 3.63) is 59.2 Å². The summed E-state index contributed by atoms with van der Waals surface area (Å²) in [6.07, 6.45) is 0.422. The number of benzene rings is 2. The lowest BCUT2D eigenvalue weighted by Crippen LogP contribution is -2.39. The summed E-state index contributed by atoms with van der Waals surface area (Å²) in [4.78, 5) is 14.5. The maximum atomic E-state index is 12.7. The molecule has 1 atom stereocenters. The van der Waals surface area contributed by atoms with Gasteiger partial charge in [0, 0.05) is 12.2 Å². The van der Waals surface area contributed by atoms with E-state index in [2.05, 4.69) is 12.1 Å². The zero-order valence-electron chi connectivity index (χ0n) is 13.3. The Bertz CT molecular complexity index is 708. The average molecular weight is 295 g/mol. The summed E-state index contributed by atoms with van der Waals surface area (Å²) >= 11 is 0. The first-order valence-electron chi connectivity index (χ1n) is 7.69. The Balaban J connectivity index is 1.76. The minimum absolute atomic E-state index is 0.0184. The Kier molecular flexibility index (Phi) is 3.88. The van der Waals surface area contributed by atoms with Crippen LogP contribution < -0.4 is 9.64 Å². The standard InChI is InChI=1S/C19H21NO2/c1-13-8-9-18(14(2)12-13)22-15(3)19(21)20-11-10-16-6-4-5-7-17(16)20/h4-9,12,15H,10-11H2,1-3H3/t15-/m0/s1. The van der Waals surface area contributed by atoms with Gasteiger partial charge >= 0.3 is 0 Å².